The van der Waals surface area contributed by atoms with Crippen molar-refractivity contribution in [2.45, 2.75) is 45.4 Å². The number of aliphatic imine (C=N–C) groups is 1. The molecule has 0 bridgehead atoms. The Labute approximate surface area is 170 Å². The SMILES string of the molecule is CCC1SC2=NC(C)=C(C(=O)OC)C(c3ccc(OCC(C)C)cc3)N2C1=O. The number of carbonyl (C=O) groups is 2. The van der Waals surface area contributed by atoms with Crippen LogP contribution in [0.25, 0.3) is 0 Å². The van der Waals surface area contributed by atoms with Crippen molar-refractivity contribution in [3.8, 4) is 5.75 Å². The molecule has 3 rings (SSSR count). The quantitative estimate of drug-likeness (QED) is 0.675. The number of esters is 1. The molecule has 1 amide bonds. The van der Waals surface area contributed by atoms with Gasteiger partial charge in [0, 0.05) is 0 Å². The number of nitrogens with zero attached hydrogens (tertiary/aromatic N) is 2. The number of hydrogen-bond donors (Lipinski definition) is 0. The molecule has 1 fully saturated rings. The average Bonchev–Trinajstić information content (AvgIpc) is 3.00. The van der Waals surface area contributed by atoms with E-state index < -0.39 is 12.0 Å². The van der Waals surface area contributed by atoms with Crippen molar-refractivity contribution in [1.82, 2.24) is 4.90 Å². The van der Waals surface area contributed by atoms with Crippen molar-refractivity contribution in [2.75, 3.05) is 13.7 Å². The average molecular weight is 403 g/mol. The van der Waals surface area contributed by atoms with Crippen molar-refractivity contribution in [3.63, 3.8) is 0 Å². The number of ether oxygens (including phenoxy) is 2. The van der Waals surface area contributed by atoms with Gasteiger partial charge in [0.1, 0.15) is 5.75 Å². The summed E-state index contributed by atoms with van der Waals surface area (Å²) in [6.45, 7) is 8.58. The second-order valence-electron chi connectivity index (χ2n) is 7.28. The van der Waals surface area contributed by atoms with E-state index in [1.165, 1.54) is 18.9 Å². The van der Waals surface area contributed by atoms with Crippen LogP contribution >= 0.6 is 11.8 Å². The Balaban J connectivity index is 2.00. The van der Waals surface area contributed by atoms with Gasteiger partial charge < -0.3 is 9.47 Å². The first-order valence-corrected chi connectivity index (χ1v) is 10.4. The lowest BCUT2D eigenvalue weighted by molar-refractivity contribution is -0.137. The minimum atomic E-state index is -0.546. The fourth-order valence-corrected chi connectivity index (χ4v) is 4.42. The highest BCUT2D eigenvalue weighted by Crippen LogP contribution is 2.44. The van der Waals surface area contributed by atoms with Gasteiger partial charge in [-0.3, -0.25) is 9.69 Å². The van der Waals surface area contributed by atoms with Crippen LogP contribution in [0.2, 0.25) is 0 Å². The largest absolute Gasteiger partial charge is 0.493 e. The summed E-state index contributed by atoms with van der Waals surface area (Å²) in [5.41, 5.74) is 1.81. The van der Waals surface area contributed by atoms with Gasteiger partial charge in [-0.2, -0.15) is 0 Å². The second-order valence-corrected chi connectivity index (χ2v) is 8.45. The van der Waals surface area contributed by atoms with Crippen LogP contribution in [-0.2, 0) is 14.3 Å². The monoisotopic (exact) mass is 402 g/mol. The number of fused-ring (bicyclic) bond motifs is 1. The van der Waals surface area contributed by atoms with E-state index in [4.69, 9.17) is 9.47 Å². The molecule has 6 nitrogen and oxygen atoms in total. The Morgan fingerprint density at radius 1 is 1.29 bits per heavy atom. The summed E-state index contributed by atoms with van der Waals surface area (Å²) in [6.07, 6.45) is 0.709. The van der Waals surface area contributed by atoms with Crippen LogP contribution in [0.15, 0.2) is 40.5 Å². The third-order valence-corrected chi connectivity index (χ3v) is 6.02. The van der Waals surface area contributed by atoms with Crippen molar-refractivity contribution >= 4 is 28.8 Å². The number of methoxy groups -OCH3 is 1. The van der Waals surface area contributed by atoms with Crippen LogP contribution in [0.4, 0.5) is 0 Å². The van der Waals surface area contributed by atoms with E-state index in [1.807, 2.05) is 31.2 Å². The van der Waals surface area contributed by atoms with Gasteiger partial charge in [0.25, 0.3) is 0 Å². The fourth-order valence-electron chi connectivity index (χ4n) is 3.28. The third kappa shape index (κ3) is 3.81. The van der Waals surface area contributed by atoms with Gasteiger partial charge in [-0.15, -0.1) is 0 Å². The van der Waals surface area contributed by atoms with Gasteiger partial charge in [0.15, 0.2) is 5.17 Å². The van der Waals surface area contributed by atoms with Crippen LogP contribution in [0.3, 0.4) is 0 Å². The molecule has 0 spiro atoms. The number of benzene rings is 1. The highest BCUT2D eigenvalue weighted by Gasteiger charge is 2.47. The molecule has 0 saturated carbocycles. The van der Waals surface area contributed by atoms with Gasteiger partial charge in [-0.1, -0.05) is 44.7 Å². The zero-order valence-electron chi connectivity index (χ0n) is 16.9. The van der Waals surface area contributed by atoms with Crippen molar-refractivity contribution < 1.29 is 19.1 Å². The molecule has 2 aliphatic rings. The predicted octanol–water partition coefficient (Wildman–Crippen LogP) is 3.93. The Morgan fingerprint density at radius 3 is 2.54 bits per heavy atom. The topological polar surface area (TPSA) is 68.2 Å². The van der Waals surface area contributed by atoms with E-state index in [1.54, 1.807) is 11.8 Å². The summed E-state index contributed by atoms with van der Waals surface area (Å²) in [4.78, 5) is 31.7. The van der Waals surface area contributed by atoms with Crippen LogP contribution in [0.5, 0.6) is 5.75 Å². The van der Waals surface area contributed by atoms with E-state index in [-0.39, 0.29) is 11.2 Å². The number of rotatable bonds is 6. The summed E-state index contributed by atoms with van der Waals surface area (Å²) in [5.74, 6) is 0.697. The molecule has 2 unspecified atom stereocenters. The maximum atomic E-state index is 13.0. The fraction of sp³-hybridized carbons (Fsp3) is 0.476. The highest BCUT2D eigenvalue weighted by atomic mass is 32.2. The molecular weight excluding hydrogens is 376 g/mol. The van der Waals surface area contributed by atoms with E-state index in [9.17, 15) is 9.59 Å². The number of amides is 1. The molecule has 0 aromatic heterocycles. The molecule has 1 saturated heterocycles. The van der Waals surface area contributed by atoms with Gasteiger partial charge in [0.2, 0.25) is 5.91 Å². The maximum absolute atomic E-state index is 13.0. The van der Waals surface area contributed by atoms with Crippen molar-refractivity contribution in [3.05, 3.63) is 41.1 Å². The Hall–Kier alpha value is -2.28. The van der Waals surface area contributed by atoms with E-state index >= 15 is 0 Å². The van der Waals surface area contributed by atoms with Crippen LogP contribution in [0.1, 0.15) is 45.7 Å². The van der Waals surface area contributed by atoms with E-state index in [0.29, 0.717) is 35.4 Å². The Kier molecular flexibility index (Phi) is 6.13. The summed E-state index contributed by atoms with van der Waals surface area (Å²) in [6, 6.07) is 7.00. The zero-order chi connectivity index (χ0) is 20.4. The van der Waals surface area contributed by atoms with Gasteiger partial charge in [-0.25, -0.2) is 9.79 Å². The Bertz CT molecular complexity index is 829. The van der Waals surface area contributed by atoms with Crippen molar-refractivity contribution in [1.29, 1.82) is 0 Å². The standard InChI is InChI=1S/C21H26N2O4S/c1-6-16-19(24)23-18(14-7-9-15(10-8-14)27-11-12(2)3)17(20(25)26-5)13(4)22-21(23)28-16/h7-10,12,16,18H,6,11H2,1-5H3. The summed E-state index contributed by atoms with van der Waals surface area (Å²) >= 11 is 1.46. The van der Waals surface area contributed by atoms with Gasteiger partial charge in [0.05, 0.1) is 36.3 Å². The lowest BCUT2D eigenvalue weighted by Crippen LogP contribution is -2.40. The second kappa shape index (κ2) is 8.39. The minimum absolute atomic E-state index is 0.0229. The number of allylic oxidation sites excluding steroid dienone is 1. The van der Waals surface area contributed by atoms with E-state index in [0.717, 1.165) is 11.3 Å². The molecule has 1 aromatic rings. The molecule has 2 aliphatic heterocycles. The lowest BCUT2D eigenvalue weighted by atomic mass is 9.94. The molecule has 28 heavy (non-hydrogen) atoms. The summed E-state index contributed by atoms with van der Waals surface area (Å²) < 4.78 is 10.8. The third-order valence-electron chi connectivity index (χ3n) is 4.71. The van der Waals surface area contributed by atoms with E-state index in [2.05, 4.69) is 18.8 Å². The summed E-state index contributed by atoms with van der Waals surface area (Å²) in [5, 5.41) is 0.465. The van der Waals surface area contributed by atoms with Gasteiger partial charge in [-0.05, 0) is 37.0 Å². The first kappa shape index (κ1) is 20.5. The number of carbonyl (C=O) groups excluding carboxylic acids is 2. The molecule has 2 heterocycles. The predicted molar refractivity (Wildman–Crippen MR) is 110 cm³/mol. The van der Waals surface area contributed by atoms with Gasteiger partial charge >= 0.3 is 5.97 Å². The molecule has 7 heteroatoms. The minimum Gasteiger partial charge on any atom is -0.493 e. The molecule has 0 radical (unpaired) electrons. The Morgan fingerprint density at radius 2 is 1.96 bits per heavy atom. The molecule has 1 aromatic carbocycles. The number of thioether (sulfide) groups is 1. The van der Waals surface area contributed by atoms with Crippen LogP contribution < -0.4 is 4.74 Å². The summed E-state index contributed by atoms with van der Waals surface area (Å²) in [7, 11) is 1.34. The van der Waals surface area contributed by atoms with Crippen LogP contribution in [-0.4, -0.2) is 40.9 Å². The lowest BCUT2D eigenvalue weighted by Gasteiger charge is -2.33. The first-order chi connectivity index (χ1) is 13.4. The normalized spacial score (nSPS) is 21.7. The maximum Gasteiger partial charge on any atom is 0.338 e. The molecule has 0 N–H and O–H groups in total. The molecule has 2 atom stereocenters. The number of hydrogen-bond acceptors (Lipinski definition) is 6. The van der Waals surface area contributed by atoms with Crippen LogP contribution in [0, 0.1) is 5.92 Å². The van der Waals surface area contributed by atoms with Crippen molar-refractivity contribution in [2.24, 2.45) is 10.9 Å². The molecule has 0 aliphatic carbocycles. The first-order valence-electron chi connectivity index (χ1n) is 9.47. The number of amidine groups is 1. The highest BCUT2D eigenvalue weighted by molar-refractivity contribution is 8.15. The molecular formula is C21H26N2O4S. The zero-order valence-corrected chi connectivity index (χ0v) is 17.7. The smallest absolute Gasteiger partial charge is 0.338 e. The molecule has 150 valence electrons.